The molecule has 8 heteroatoms. The van der Waals surface area contributed by atoms with Crippen molar-refractivity contribution in [1.29, 1.82) is 0 Å². The smallest absolute Gasteiger partial charge is 0.293 e. The number of ether oxygens (including phenoxy) is 3. The molecule has 0 bridgehead atoms. The van der Waals surface area contributed by atoms with Gasteiger partial charge in [-0.1, -0.05) is 29.8 Å². The molecular formula is C21H20ClNO5S. The first kappa shape index (κ1) is 21.2. The summed E-state index contributed by atoms with van der Waals surface area (Å²) in [4.78, 5) is 26.6. The SMILES string of the molecule is COCCOc1ccc(/C=C2\SC(=O)N(Cc3cccc(Cl)c3)C2=O)cc1OC. The highest BCUT2D eigenvalue weighted by Crippen LogP contribution is 2.35. The van der Waals surface area contributed by atoms with Crippen molar-refractivity contribution in [2.45, 2.75) is 6.54 Å². The Hall–Kier alpha value is -2.48. The van der Waals surface area contributed by atoms with E-state index in [-0.39, 0.29) is 17.7 Å². The highest BCUT2D eigenvalue weighted by Gasteiger charge is 2.35. The second-order valence-electron chi connectivity index (χ2n) is 6.15. The van der Waals surface area contributed by atoms with Crippen molar-refractivity contribution in [2.75, 3.05) is 27.4 Å². The van der Waals surface area contributed by atoms with Crippen molar-refractivity contribution >= 4 is 40.6 Å². The minimum atomic E-state index is -0.334. The lowest BCUT2D eigenvalue weighted by atomic mass is 10.1. The summed E-state index contributed by atoms with van der Waals surface area (Å²) in [6.07, 6.45) is 1.67. The van der Waals surface area contributed by atoms with Crippen LogP contribution >= 0.6 is 23.4 Å². The van der Waals surface area contributed by atoms with Crippen molar-refractivity contribution in [3.05, 3.63) is 63.5 Å². The highest BCUT2D eigenvalue weighted by molar-refractivity contribution is 8.18. The van der Waals surface area contributed by atoms with Gasteiger partial charge >= 0.3 is 0 Å². The van der Waals surface area contributed by atoms with E-state index in [1.165, 1.54) is 4.90 Å². The van der Waals surface area contributed by atoms with E-state index in [0.717, 1.165) is 22.9 Å². The second kappa shape index (κ2) is 9.82. The van der Waals surface area contributed by atoms with E-state index < -0.39 is 0 Å². The Kier molecular flexibility index (Phi) is 7.19. The lowest BCUT2D eigenvalue weighted by molar-refractivity contribution is -0.123. The molecule has 0 spiro atoms. The summed E-state index contributed by atoms with van der Waals surface area (Å²) in [5, 5.41) is 0.248. The zero-order valence-corrected chi connectivity index (χ0v) is 17.6. The summed E-state index contributed by atoms with van der Waals surface area (Å²) in [7, 11) is 3.14. The van der Waals surface area contributed by atoms with E-state index in [0.29, 0.717) is 34.6 Å². The Morgan fingerprint density at radius 3 is 2.62 bits per heavy atom. The number of thioether (sulfide) groups is 1. The van der Waals surface area contributed by atoms with E-state index in [1.807, 2.05) is 6.07 Å². The third kappa shape index (κ3) is 5.32. The van der Waals surface area contributed by atoms with Crippen molar-refractivity contribution < 1.29 is 23.8 Å². The summed E-state index contributed by atoms with van der Waals surface area (Å²) in [5.41, 5.74) is 1.52. The first-order chi connectivity index (χ1) is 14.0. The van der Waals surface area contributed by atoms with Crippen LogP contribution in [0.5, 0.6) is 11.5 Å². The van der Waals surface area contributed by atoms with Crippen molar-refractivity contribution in [1.82, 2.24) is 4.90 Å². The molecule has 0 radical (unpaired) electrons. The van der Waals surface area contributed by atoms with E-state index in [2.05, 4.69) is 0 Å². The number of benzene rings is 2. The number of carbonyl (C=O) groups is 2. The minimum Gasteiger partial charge on any atom is -0.493 e. The predicted octanol–water partition coefficient (Wildman–Crippen LogP) is 4.61. The van der Waals surface area contributed by atoms with E-state index >= 15 is 0 Å². The zero-order chi connectivity index (χ0) is 20.8. The molecule has 0 aromatic heterocycles. The monoisotopic (exact) mass is 433 g/mol. The Balaban J connectivity index is 1.76. The average molecular weight is 434 g/mol. The van der Waals surface area contributed by atoms with Gasteiger partial charge in [0.25, 0.3) is 11.1 Å². The third-order valence-corrected chi connectivity index (χ3v) is 5.28. The molecule has 1 saturated heterocycles. The molecule has 2 aromatic rings. The van der Waals surface area contributed by atoms with Gasteiger partial charge in [-0.15, -0.1) is 0 Å². The number of carbonyl (C=O) groups excluding carboxylic acids is 2. The molecule has 0 aliphatic carbocycles. The van der Waals surface area contributed by atoms with Crippen LogP contribution in [-0.2, 0) is 16.1 Å². The zero-order valence-electron chi connectivity index (χ0n) is 16.0. The Morgan fingerprint density at radius 1 is 1.07 bits per heavy atom. The van der Waals surface area contributed by atoms with Gasteiger partial charge in [0.2, 0.25) is 0 Å². The highest BCUT2D eigenvalue weighted by atomic mass is 35.5. The molecule has 0 unspecified atom stereocenters. The molecule has 29 heavy (non-hydrogen) atoms. The number of hydrogen-bond acceptors (Lipinski definition) is 6. The van der Waals surface area contributed by atoms with E-state index in [4.69, 9.17) is 25.8 Å². The Morgan fingerprint density at radius 2 is 1.90 bits per heavy atom. The first-order valence-electron chi connectivity index (χ1n) is 8.81. The molecule has 0 atom stereocenters. The number of imide groups is 1. The molecule has 2 amide bonds. The third-order valence-electron chi connectivity index (χ3n) is 4.13. The Labute approximate surface area is 178 Å². The summed E-state index contributed by atoms with van der Waals surface area (Å²) in [5.74, 6) is 0.781. The van der Waals surface area contributed by atoms with Crippen molar-refractivity contribution in [3.8, 4) is 11.5 Å². The molecule has 1 heterocycles. The number of rotatable bonds is 8. The quantitative estimate of drug-likeness (QED) is 0.447. The fourth-order valence-corrected chi connectivity index (χ4v) is 3.78. The summed E-state index contributed by atoms with van der Waals surface area (Å²) in [6, 6.07) is 12.4. The summed E-state index contributed by atoms with van der Waals surface area (Å²) < 4.78 is 15.9. The number of nitrogens with zero attached hydrogens (tertiary/aromatic N) is 1. The van der Waals surface area contributed by atoms with Crippen LogP contribution in [0.15, 0.2) is 47.4 Å². The lowest BCUT2D eigenvalue weighted by Gasteiger charge is -2.12. The van der Waals surface area contributed by atoms with E-state index in [9.17, 15) is 9.59 Å². The number of hydrogen-bond donors (Lipinski definition) is 0. The fourth-order valence-electron chi connectivity index (χ4n) is 2.73. The number of amides is 2. The van der Waals surface area contributed by atoms with Crippen molar-refractivity contribution in [2.24, 2.45) is 0 Å². The van der Waals surface area contributed by atoms with Gasteiger partial charge in [0.05, 0.1) is 25.2 Å². The minimum absolute atomic E-state index is 0.179. The van der Waals surface area contributed by atoms with Crippen molar-refractivity contribution in [3.63, 3.8) is 0 Å². The molecule has 1 aliphatic heterocycles. The maximum atomic E-state index is 12.7. The van der Waals surface area contributed by atoms with Crippen LogP contribution in [0.25, 0.3) is 6.08 Å². The molecular weight excluding hydrogens is 414 g/mol. The average Bonchev–Trinajstić information content (AvgIpc) is 2.96. The van der Waals surface area contributed by atoms with Crippen LogP contribution in [0.1, 0.15) is 11.1 Å². The van der Waals surface area contributed by atoms with Crippen LogP contribution in [0.4, 0.5) is 4.79 Å². The van der Waals surface area contributed by atoms with Gasteiger partial charge in [-0.25, -0.2) is 0 Å². The molecule has 3 rings (SSSR count). The molecule has 1 fully saturated rings. The van der Waals surface area contributed by atoms with E-state index in [1.54, 1.807) is 56.7 Å². The van der Waals surface area contributed by atoms with Gasteiger partial charge in [0.1, 0.15) is 6.61 Å². The topological polar surface area (TPSA) is 65.1 Å². The molecule has 152 valence electrons. The van der Waals surface area contributed by atoms with Gasteiger partial charge < -0.3 is 14.2 Å². The molecule has 1 aliphatic rings. The van der Waals surface area contributed by atoms with Crippen LogP contribution in [-0.4, -0.2) is 43.5 Å². The van der Waals surface area contributed by atoms with Gasteiger partial charge in [-0.3, -0.25) is 14.5 Å². The van der Waals surface area contributed by atoms with Crippen LogP contribution in [0.2, 0.25) is 5.02 Å². The summed E-state index contributed by atoms with van der Waals surface area (Å²) in [6.45, 7) is 1.04. The summed E-state index contributed by atoms with van der Waals surface area (Å²) >= 11 is 6.90. The first-order valence-corrected chi connectivity index (χ1v) is 10.0. The molecule has 2 aromatic carbocycles. The van der Waals surface area contributed by atoms with Gasteiger partial charge in [-0.2, -0.15) is 0 Å². The second-order valence-corrected chi connectivity index (χ2v) is 7.58. The number of halogens is 1. The normalized spacial score (nSPS) is 15.3. The van der Waals surface area contributed by atoms with Gasteiger partial charge in [-0.05, 0) is 53.2 Å². The Bertz CT molecular complexity index is 946. The predicted molar refractivity (Wildman–Crippen MR) is 113 cm³/mol. The van der Waals surface area contributed by atoms with Crippen LogP contribution in [0.3, 0.4) is 0 Å². The standard InChI is InChI=1S/C21H20ClNO5S/c1-26-8-9-28-17-7-6-14(11-18(17)27-2)12-19-20(24)23(21(25)29-19)13-15-4-3-5-16(22)10-15/h3-7,10-12H,8-9,13H2,1-2H3/b19-12-. The lowest BCUT2D eigenvalue weighted by Crippen LogP contribution is -2.27. The van der Waals surface area contributed by atoms with Crippen LogP contribution in [0, 0.1) is 0 Å². The number of methoxy groups -OCH3 is 2. The molecule has 0 saturated carbocycles. The maximum absolute atomic E-state index is 12.7. The van der Waals surface area contributed by atoms with Gasteiger partial charge in [0.15, 0.2) is 11.5 Å². The van der Waals surface area contributed by atoms with Crippen LogP contribution < -0.4 is 9.47 Å². The van der Waals surface area contributed by atoms with Gasteiger partial charge in [0, 0.05) is 12.1 Å². The molecule has 0 N–H and O–H groups in total. The molecule has 6 nitrogen and oxygen atoms in total. The maximum Gasteiger partial charge on any atom is 0.293 e. The largest absolute Gasteiger partial charge is 0.493 e. The fraction of sp³-hybridized carbons (Fsp3) is 0.238.